The molecule has 1 rings (SSSR count). The molecule has 0 unspecified atom stereocenters. The molecular formula is C11H12S. The van der Waals surface area contributed by atoms with E-state index in [1.807, 2.05) is 12.1 Å². The topological polar surface area (TPSA) is 0 Å². The molecule has 0 saturated carbocycles. The van der Waals surface area contributed by atoms with Crippen LogP contribution in [0.3, 0.4) is 0 Å². The highest BCUT2D eigenvalue weighted by Crippen LogP contribution is 2.01. The van der Waals surface area contributed by atoms with Crippen molar-refractivity contribution in [1.29, 1.82) is 0 Å². The van der Waals surface area contributed by atoms with Crippen LogP contribution in [0.15, 0.2) is 24.3 Å². The maximum absolute atomic E-state index is 3.12. The van der Waals surface area contributed by atoms with Gasteiger partial charge in [0.05, 0.1) is 5.75 Å². The zero-order chi connectivity index (χ0) is 8.81. The molecule has 0 nitrogen and oxygen atoms in total. The average molecular weight is 176 g/mol. The van der Waals surface area contributed by atoms with Crippen molar-refractivity contribution in [3.05, 3.63) is 35.4 Å². The summed E-state index contributed by atoms with van der Waals surface area (Å²) in [6.07, 6.45) is 2.06. The van der Waals surface area contributed by atoms with Crippen LogP contribution in [0.25, 0.3) is 0 Å². The van der Waals surface area contributed by atoms with Crippen molar-refractivity contribution in [1.82, 2.24) is 0 Å². The van der Waals surface area contributed by atoms with E-state index in [9.17, 15) is 0 Å². The fourth-order valence-corrected chi connectivity index (χ4v) is 1.15. The molecule has 12 heavy (non-hydrogen) atoms. The van der Waals surface area contributed by atoms with Crippen LogP contribution >= 0.6 is 11.8 Å². The van der Waals surface area contributed by atoms with Gasteiger partial charge < -0.3 is 0 Å². The third-order valence-corrected chi connectivity index (χ3v) is 1.90. The summed E-state index contributed by atoms with van der Waals surface area (Å²) in [5.41, 5.74) is 2.38. The predicted molar refractivity (Wildman–Crippen MR) is 56.4 cm³/mol. The Morgan fingerprint density at radius 1 is 1.42 bits per heavy atom. The first-order valence-corrected chi connectivity index (χ1v) is 5.27. The molecule has 0 aliphatic rings. The molecule has 62 valence electrons. The summed E-state index contributed by atoms with van der Waals surface area (Å²) in [7, 11) is 0. The van der Waals surface area contributed by atoms with E-state index in [1.165, 1.54) is 5.56 Å². The minimum Gasteiger partial charge on any atom is -0.152 e. The molecule has 0 atom stereocenters. The quantitative estimate of drug-likeness (QED) is 0.593. The normalized spacial score (nSPS) is 8.83. The number of hydrogen-bond acceptors (Lipinski definition) is 1. The van der Waals surface area contributed by atoms with Crippen molar-refractivity contribution >= 4 is 11.8 Å². The molecule has 0 saturated heterocycles. The van der Waals surface area contributed by atoms with Crippen LogP contribution in [-0.4, -0.2) is 12.0 Å². The zero-order valence-corrected chi connectivity index (χ0v) is 8.24. The first-order chi connectivity index (χ1) is 5.83. The third-order valence-electron chi connectivity index (χ3n) is 1.47. The lowest BCUT2D eigenvalue weighted by molar-refractivity contribution is 1.45. The second kappa shape index (κ2) is 4.90. The predicted octanol–water partition coefficient (Wildman–Crippen LogP) is 2.71. The summed E-state index contributed by atoms with van der Waals surface area (Å²) >= 11 is 1.75. The summed E-state index contributed by atoms with van der Waals surface area (Å²) in [6, 6.07) is 8.27. The van der Waals surface area contributed by atoms with Crippen LogP contribution in [0.2, 0.25) is 0 Å². The van der Waals surface area contributed by atoms with Crippen LogP contribution in [0.5, 0.6) is 0 Å². The van der Waals surface area contributed by atoms with Crippen LogP contribution in [0.4, 0.5) is 0 Å². The minimum absolute atomic E-state index is 0.911. The Kier molecular flexibility index (Phi) is 3.76. The highest BCUT2D eigenvalue weighted by atomic mass is 32.2. The van der Waals surface area contributed by atoms with Gasteiger partial charge in [0.25, 0.3) is 0 Å². The number of thioether (sulfide) groups is 1. The minimum atomic E-state index is 0.911. The molecule has 0 fully saturated rings. The van der Waals surface area contributed by atoms with Gasteiger partial charge in [-0.05, 0) is 30.9 Å². The van der Waals surface area contributed by atoms with Crippen molar-refractivity contribution in [2.45, 2.75) is 6.92 Å². The second-order valence-electron chi connectivity index (χ2n) is 2.60. The van der Waals surface area contributed by atoms with E-state index in [2.05, 4.69) is 37.2 Å². The van der Waals surface area contributed by atoms with E-state index < -0.39 is 0 Å². The molecule has 0 spiro atoms. The fraction of sp³-hybridized carbons (Fsp3) is 0.273. The summed E-state index contributed by atoms with van der Waals surface area (Å²) in [5.74, 6) is 7.12. The van der Waals surface area contributed by atoms with E-state index in [1.54, 1.807) is 11.8 Å². The van der Waals surface area contributed by atoms with Crippen LogP contribution < -0.4 is 0 Å². The zero-order valence-electron chi connectivity index (χ0n) is 7.42. The van der Waals surface area contributed by atoms with E-state index in [4.69, 9.17) is 0 Å². The Morgan fingerprint density at radius 2 is 2.25 bits per heavy atom. The Bertz CT molecular complexity index is 304. The van der Waals surface area contributed by atoms with Gasteiger partial charge in [0, 0.05) is 5.56 Å². The number of hydrogen-bond donors (Lipinski definition) is 0. The highest BCUT2D eigenvalue weighted by Gasteiger charge is 1.85. The van der Waals surface area contributed by atoms with Crippen molar-refractivity contribution < 1.29 is 0 Å². The molecule has 0 radical (unpaired) electrons. The summed E-state index contributed by atoms with van der Waals surface area (Å²) in [4.78, 5) is 0. The Hall–Kier alpha value is -0.870. The van der Waals surface area contributed by atoms with Gasteiger partial charge in [0.1, 0.15) is 0 Å². The molecule has 0 bridgehead atoms. The molecule has 0 heterocycles. The summed E-state index contributed by atoms with van der Waals surface area (Å²) < 4.78 is 0. The second-order valence-corrected chi connectivity index (χ2v) is 3.47. The Morgan fingerprint density at radius 3 is 2.92 bits per heavy atom. The number of rotatable bonds is 1. The lowest BCUT2D eigenvalue weighted by Gasteiger charge is -1.91. The molecule has 0 aliphatic heterocycles. The maximum Gasteiger partial charge on any atom is 0.0548 e. The van der Waals surface area contributed by atoms with Crippen molar-refractivity contribution in [3.8, 4) is 11.8 Å². The largest absolute Gasteiger partial charge is 0.152 e. The molecular weight excluding hydrogens is 164 g/mol. The SMILES string of the molecule is CSCC#Cc1cccc(C)c1. The third kappa shape index (κ3) is 3.02. The van der Waals surface area contributed by atoms with E-state index in [0.717, 1.165) is 11.3 Å². The van der Waals surface area contributed by atoms with Gasteiger partial charge in [-0.25, -0.2) is 0 Å². The Balaban J connectivity index is 2.71. The number of benzene rings is 1. The summed E-state index contributed by atoms with van der Waals surface area (Å²) in [6.45, 7) is 2.08. The molecule has 1 aromatic rings. The van der Waals surface area contributed by atoms with Crippen LogP contribution in [-0.2, 0) is 0 Å². The van der Waals surface area contributed by atoms with Gasteiger partial charge in [0.15, 0.2) is 0 Å². The van der Waals surface area contributed by atoms with Crippen LogP contribution in [0.1, 0.15) is 11.1 Å². The Labute approximate surface area is 78.4 Å². The molecule has 0 aromatic heterocycles. The van der Waals surface area contributed by atoms with Crippen molar-refractivity contribution in [3.63, 3.8) is 0 Å². The van der Waals surface area contributed by atoms with Gasteiger partial charge in [-0.3, -0.25) is 0 Å². The monoisotopic (exact) mass is 176 g/mol. The lowest BCUT2D eigenvalue weighted by Crippen LogP contribution is -1.76. The van der Waals surface area contributed by atoms with E-state index >= 15 is 0 Å². The van der Waals surface area contributed by atoms with E-state index in [0.29, 0.717) is 0 Å². The van der Waals surface area contributed by atoms with Crippen LogP contribution in [0, 0.1) is 18.8 Å². The first kappa shape index (κ1) is 9.22. The van der Waals surface area contributed by atoms with Gasteiger partial charge in [-0.2, -0.15) is 11.8 Å². The molecule has 1 aromatic carbocycles. The van der Waals surface area contributed by atoms with Gasteiger partial charge in [-0.15, -0.1) is 0 Å². The van der Waals surface area contributed by atoms with Crippen molar-refractivity contribution in [2.75, 3.05) is 12.0 Å². The highest BCUT2D eigenvalue weighted by molar-refractivity contribution is 7.98. The first-order valence-electron chi connectivity index (χ1n) is 3.87. The summed E-state index contributed by atoms with van der Waals surface area (Å²) in [5, 5.41) is 0. The smallest absolute Gasteiger partial charge is 0.0548 e. The van der Waals surface area contributed by atoms with E-state index in [-0.39, 0.29) is 0 Å². The maximum atomic E-state index is 3.12. The molecule has 0 amide bonds. The van der Waals surface area contributed by atoms with Crippen molar-refractivity contribution in [2.24, 2.45) is 0 Å². The number of aryl methyl sites for hydroxylation is 1. The standard InChI is InChI=1S/C11H12S/c1-10-5-3-6-11(9-10)7-4-8-12-2/h3,5-6,9H,8H2,1-2H3. The lowest BCUT2D eigenvalue weighted by atomic mass is 10.1. The average Bonchev–Trinajstić information content (AvgIpc) is 2.05. The molecule has 0 N–H and O–H groups in total. The van der Waals surface area contributed by atoms with Gasteiger partial charge in [-0.1, -0.05) is 24.0 Å². The van der Waals surface area contributed by atoms with Gasteiger partial charge >= 0.3 is 0 Å². The molecule has 1 heteroatoms. The van der Waals surface area contributed by atoms with Gasteiger partial charge in [0.2, 0.25) is 0 Å². The molecule has 0 aliphatic carbocycles. The fourth-order valence-electron chi connectivity index (χ4n) is 0.933.